The molecule has 0 bridgehead atoms. The molecule has 0 aliphatic carbocycles. The lowest BCUT2D eigenvalue weighted by Gasteiger charge is -2.44. The van der Waals surface area contributed by atoms with E-state index in [9.17, 15) is 34.6 Å². The largest absolute Gasteiger partial charge is 0.493 e. The number of carbonyl (C=O) groups excluding carboxylic acids is 1. The van der Waals surface area contributed by atoms with E-state index in [4.69, 9.17) is 44.2 Å². The number of nitrogens with zero attached hydrogens (tertiary/aromatic N) is 4. The lowest BCUT2D eigenvalue weighted by atomic mass is 9.69. The van der Waals surface area contributed by atoms with E-state index in [1.165, 1.54) is 7.11 Å². The van der Waals surface area contributed by atoms with Crippen LogP contribution >= 0.6 is 0 Å². The van der Waals surface area contributed by atoms with Gasteiger partial charge < -0.3 is 54.6 Å². The van der Waals surface area contributed by atoms with Crippen molar-refractivity contribution < 1.29 is 74.0 Å². The minimum Gasteiger partial charge on any atom is -0.493 e. The van der Waals surface area contributed by atoms with E-state index in [2.05, 4.69) is 37.3 Å². The molecule has 21 heteroatoms. The predicted octanol–water partition coefficient (Wildman–Crippen LogP) is 2.49. The van der Waals surface area contributed by atoms with E-state index in [0.29, 0.717) is 56.0 Å². The first-order chi connectivity index (χ1) is 28.7. The number of hydrogen-bond donors (Lipinski definition) is 5. The van der Waals surface area contributed by atoms with Gasteiger partial charge in [0, 0.05) is 39.6 Å². The van der Waals surface area contributed by atoms with Gasteiger partial charge in [-0.05, 0) is 75.0 Å². The average Bonchev–Trinajstić information content (AvgIpc) is 3.19. The zero-order valence-corrected chi connectivity index (χ0v) is 36.2. The summed E-state index contributed by atoms with van der Waals surface area (Å²) in [6.07, 6.45) is -0.142. The van der Waals surface area contributed by atoms with Crippen molar-refractivity contribution >= 4 is 23.8 Å². The molecule has 1 saturated heterocycles. The maximum Gasteiger partial charge on any atom is 0.336 e. The number of aliphatic carboxylic acids is 3. The molecule has 1 heterocycles. The summed E-state index contributed by atoms with van der Waals surface area (Å²) in [4.78, 5) is 61.1. The van der Waals surface area contributed by atoms with Crippen LogP contribution in [0.2, 0.25) is 0 Å². The van der Waals surface area contributed by atoms with Crippen LogP contribution < -0.4 is 19.6 Å². The van der Waals surface area contributed by atoms with Crippen LogP contribution in [0.3, 0.4) is 0 Å². The molecule has 0 spiro atoms. The van der Waals surface area contributed by atoms with Gasteiger partial charge in [-0.2, -0.15) is 5.26 Å². The van der Waals surface area contributed by atoms with Crippen molar-refractivity contribution in [1.82, 2.24) is 15.3 Å². The molecule has 3 rings (SSSR count). The molecule has 0 saturated carbocycles. The molecule has 0 radical (unpaired) electrons. The van der Waals surface area contributed by atoms with Gasteiger partial charge in [0.15, 0.2) is 17.1 Å². The molecule has 2 aromatic rings. The van der Waals surface area contributed by atoms with Crippen LogP contribution in [0.1, 0.15) is 70.4 Å². The molecule has 1 aliphatic heterocycles. The highest BCUT2D eigenvalue weighted by atomic mass is 17.0. The monoisotopic (exact) mass is 879 g/mol. The Balaban J connectivity index is 0.00000118. The molecule has 21 nitrogen and oxygen atoms in total. The second kappa shape index (κ2) is 25.2. The van der Waals surface area contributed by atoms with Gasteiger partial charge >= 0.3 is 17.9 Å². The molecular formula is C41H61N5O16. The minimum atomic E-state index is -2.74. The number of amides is 1. The Kier molecular flexibility index (Phi) is 22.1. The summed E-state index contributed by atoms with van der Waals surface area (Å²) in [7, 11) is 6.71. The number of likely N-dealkylation sites (N-methyl/N-ethyl adjacent to an activating group) is 1. The highest BCUT2D eigenvalue weighted by Crippen LogP contribution is 2.41. The van der Waals surface area contributed by atoms with Crippen molar-refractivity contribution in [3.8, 4) is 23.3 Å². The third kappa shape index (κ3) is 15.6. The average molecular weight is 880 g/mol. The molecule has 2 aromatic carbocycles. The summed E-state index contributed by atoms with van der Waals surface area (Å²) >= 11 is 0. The summed E-state index contributed by atoms with van der Waals surface area (Å²) in [5, 5.41) is 56.6. The molecular weight excluding hydrogens is 818 g/mol. The van der Waals surface area contributed by atoms with Gasteiger partial charge in [0.05, 0.1) is 38.5 Å². The first-order valence-corrected chi connectivity index (χ1v) is 19.5. The van der Waals surface area contributed by atoms with Crippen LogP contribution in [-0.4, -0.2) is 143 Å². The van der Waals surface area contributed by atoms with Gasteiger partial charge in [-0.25, -0.2) is 9.80 Å². The quantitative estimate of drug-likeness (QED) is 0.0747. The number of nitrogens with one attached hydrogen (secondary N) is 1. The molecule has 62 heavy (non-hydrogen) atoms. The van der Waals surface area contributed by atoms with Crippen LogP contribution in [-0.2, 0) is 40.6 Å². The Morgan fingerprint density at radius 2 is 1.56 bits per heavy atom. The number of rotatable bonds is 24. The number of carboxylic acids is 3. The van der Waals surface area contributed by atoms with Gasteiger partial charge in [0.1, 0.15) is 24.1 Å². The number of nitriles is 1. The number of ether oxygens (including phenoxy) is 4. The summed E-state index contributed by atoms with van der Waals surface area (Å²) in [6.45, 7) is 8.12. The van der Waals surface area contributed by atoms with Crippen molar-refractivity contribution in [3.63, 3.8) is 0 Å². The second-order valence-electron chi connectivity index (χ2n) is 15.1. The van der Waals surface area contributed by atoms with E-state index in [0.717, 1.165) is 30.6 Å². The zero-order chi connectivity index (χ0) is 46.0. The Morgan fingerprint density at radius 3 is 2.06 bits per heavy atom. The fourth-order valence-corrected chi connectivity index (χ4v) is 7.08. The molecule has 1 fully saturated rings. The lowest BCUT2D eigenvalue weighted by Crippen LogP contribution is -2.58. The van der Waals surface area contributed by atoms with E-state index < -0.39 is 58.6 Å². The number of hydrazine groups is 1. The topological polar surface area (TPSA) is 312 Å². The Labute approximate surface area is 360 Å². The highest BCUT2D eigenvalue weighted by molar-refractivity contribution is 5.88. The van der Waals surface area contributed by atoms with Gasteiger partial charge in [0.2, 0.25) is 0 Å². The normalized spacial score (nSPS) is 15.0. The molecule has 1 aliphatic rings. The van der Waals surface area contributed by atoms with Crippen LogP contribution in [0.4, 0.5) is 0 Å². The maximum atomic E-state index is 12.0. The van der Waals surface area contributed by atoms with E-state index in [1.807, 2.05) is 42.5 Å². The van der Waals surface area contributed by atoms with E-state index >= 15 is 0 Å². The fraction of sp³-hybridized carbons (Fsp3) is 0.585. The first kappa shape index (κ1) is 54.2. The molecule has 2 unspecified atom stereocenters. The number of para-hydroxylation sites is 1. The van der Waals surface area contributed by atoms with Crippen LogP contribution in [0.25, 0.3) is 0 Å². The Morgan fingerprint density at radius 1 is 0.968 bits per heavy atom. The summed E-state index contributed by atoms with van der Waals surface area (Å²) in [6, 6.07) is 16.1. The standard InChI is InChI=1S/C35H51N5O8.C6H8O7.H2O/c1-26(2)34(25-36,29-13-14-31(45-6)32(23-29)46-7)16-10-19-38(4)20-15-28-11-8-9-12-30(28)47-35(27(3)48-40(42)43)17-21-39(22-18-35)37-33(41)24-44-5;7-3(8)1-6(13,5(11)12)2-4(9)10;/h8-9,11-14,23,26-27H,10,15-22,24H2,1-7H3,(H,37,41);13H,1-2H2,(H,7,8)(H,9,10)(H,11,12);1H2. The molecule has 0 aromatic heterocycles. The summed E-state index contributed by atoms with van der Waals surface area (Å²) < 4.78 is 22.5. The number of carboxylic acid groups (broad SMARTS) is 3. The van der Waals surface area contributed by atoms with Gasteiger partial charge in [-0.15, -0.1) is 10.1 Å². The number of hydrogen-bond acceptors (Lipinski definition) is 15. The van der Waals surface area contributed by atoms with Crippen molar-refractivity contribution in [1.29, 1.82) is 5.26 Å². The third-order valence-electron chi connectivity index (χ3n) is 10.7. The molecule has 1 amide bonds. The number of methoxy groups -OCH3 is 3. The van der Waals surface area contributed by atoms with Gasteiger partial charge in [-0.1, -0.05) is 38.1 Å². The number of aliphatic hydroxyl groups is 1. The first-order valence-electron chi connectivity index (χ1n) is 19.5. The van der Waals surface area contributed by atoms with E-state index in [1.54, 1.807) is 26.2 Å². The van der Waals surface area contributed by atoms with Crippen molar-refractivity contribution in [3.05, 3.63) is 63.7 Å². The zero-order valence-electron chi connectivity index (χ0n) is 36.2. The predicted molar refractivity (Wildman–Crippen MR) is 221 cm³/mol. The van der Waals surface area contributed by atoms with Crippen molar-refractivity contribution in [2.24, 2.45) is 5.92 Å². The SMILES string of the molecule is COCC(=O)NN1CCC(Oc2ccccc2CCN(C)CCCC(C#N)(c2ccc(OC)c(OC)c2)C(C)C)(C(C)O[N+](=O)[O-])CC1.O.O=C(O)CC(O)(CC(=O)O)C(=O)O. The highest BCUT2D eigenvalue weighted by Gasteiger charge is 2.45. The summed E-state index contributed by atoms with van der Waals surface area (Å²) in [5.74, 6) is -3.32. The molecule has 2 atom stereocenters. The lowest BCUT2D eigenvalue weighted by molar-refractivity contribution is -0.771. The van der Waals surface area contributed by atoms with E-state index in [-0.39, 0.29) is 23.9 Å². The maximum absolute atomic E-state index is 12.0. The minimum absolute atomic E-state index is 0. The number of piperidine rings is 1. The second-order valence-corrected chi connectivity index (χ2v) is 15.1. The fourth-order valence-electron chi connectivity index (χ4n) is 7.08. The Bertz CT molecular complexity index is 1810. The Hall–Kier alpha value is -5.79. The molecule has 346 valence electrons. The van der Waals surface area contributed by atoms with Crippen LogP contribution in [0, 0.1) is 27.4 Å². The van der Waals surface area contributed by atoms with Crippen LogP contribution in [0.5, 0.6) is 17.2 Å². The third-order valence-corrected chi connectivity index (χ3v) is 10.7. The van der Waals surface area contributed by atoms with Crippen molar-refractivity contribution in [2.75, 3.05) is 61.2 Å². The van der Waals surface area contributed by atoms with Gasteiger partial charge in [-0.3, -0.25) is 19.8 Å². The number of carbonyl (C=O) groups is 4. The van der Waals surface area contributed by atoms with Crippen molar-refractivity contribution in [2.45, 2.75) is 88.4 Å². The number of benzene rings is 2. The smallest absolute Gasteiger partial charge is 0.336 e. The van der Waals surface area contributed by atoms with Gasteiger partial charge in [0.25, 0.3) is 11.0 Å². The molecule has 7 N–H and O–H groups in total. The van der Waals surface area contributed by atoms with Crippen LogP contribution in [0.15, 0.2) is 42.5 Å². The summed E-state index contributed by atoms with van der Waals surface area (Å²) in [5.41, 5.74) is 0.307.